The fraction of sp³-hybridized carbons (Fsp3) is 0.500. The number of para-hydroxylation sites is 1. The number of hydrogen-bond acceptors (Lipinski definition) is 3. The molecule has 0 unspecified atom stereocenters. The second kappa shape index (κ2) is 8.85. The number of rotatable bonds is 7. The molecule has 3 rings (SSSR count). The number of H-pyrrole nitrogens is 1. The largest absolute Gasteiger partial charge is 0.385 e. The van der Waals surface area contributed by atoms with Crippen LogP contribution in [0.5, 0.6) is 0 Å². The minimum absolute atomic E-state index is 0.00897. The van der Waals surface area contributed by atoms with Gasteiger partial charge in [0.25, 0.3) is 0 Å². The molecule has 2 amide bonds. The molecule has 0 aliphatic carbocycles. The van der Waals surface area contributed by atoms with Crippen LogP contribution in [-0.4, -0.2) is 55.0 Å². The van der Waals surface area contributed by atoms with Gasteiger partial charge >= 0.3 is 0 Å². The lowest BCUT2D eigenvalue weighted by atomic mass is 9.95. The highest BCUT2D eigenvalue weighted by molar-refractivity contribution is 5.89. The molecule has 2 heterocycles. The Morgan fingerprint density at radius 1 is 1.27 bits per heavy atom. The molecule has 2 N–H and O–H groups in total. The summed E-state index contributed by atoms with van der Waals surface area (Å²) in [5.74, 6) is 0.244. The highest BCUT2D eigenvalue weighted by Crippen LogP contribution is 2.21. The van der Waals surface area contributed by atoms with Crippen molar-refractivity contribution in [1.29, 1.82) is 0 Å². The van der Waals surface area contributed by atoms with Crippen LogP contribution in [0.2, 0.25) is 0 Å². The number of nitrogens with one attached hydrogen (secondary N) is 2. The van der Waals surface area contributed by atoms with E-state index in [9.17, 15) is 9.59 Å². The topological polar surface area (TPSA) is 74.4 Å². The Balaban J connectivity index is 1.47. The zero-order valence-electron chi connectivity index (χ0n) is 15.3. The Labute approximate surface area is 153 Å². The Morgan fingerprint density at radius 3 is 2.81 bits per heavy atom. The molecule has 140 valence electrons. The smallest absolute Gasteiger partial charge is 0.227 e. The predicted octanol–water partition coefficient (Wildman–Crippen LogP) is 2.10. The third-order valence-corrected chi connectivity index (χ3v) is 5.06. The van der Waals surface area contributed by atoms with Crippen molar-refractivity contribution in [3.63, 3.8) is 0 Å². The molecule has 1 aromatic heterocycles. The number of aromatic nitrogens is 1. The van der Waals surface area contributed by atoms with E-state index in [4.69, 9.17) is 4.74 Å². The Hall–Kier alpha value is -2.34. The van der Waals surface area contributed by atoms with Gasteiger partial charge in [0.05, 0.1) is 6.42 Å². The number of piperidine rings is 1. The first-order valence-corrected chi connectivity index (χ1v) is 9.28. The van der Waals surface area contributed by atoms with Gasteiger partial charge in [-0.1, -0.05) is 18.2 Å². The van der Waals surface area contributed by atoms with Gasteiger partial charge in [-0.25, -0.2) is 0 Å². The number of amides is 2. The minimum Gasteiger partial charge on any atom is -0.385 e. The molecule has 1 fully saturated rings. The molecular formula is C20H27N3O3. The van der Waals surface area contributed by atoms with E-state index in [1.54, 1.807) is 7.11 Å². The van der Waals surface area contributed by atoms with Crippen LogP contribution in [0.15, 0.2) is 30.5 Å². The standard InChI is InChI=1S/C20H27N3O3/c1-26-12-4-9-21-20(25)15-7-10-23(11-8-15)19(24)13-16-14-22-18-6-3-2-5-17(16)18/h2-3,5-6,14-15,22H,4,7-13H2,1H3,(H,21,25). The van der Waals surface area contributed by atoms with E-state index < -0.39 is 0 Å². The second-order valence-corrected chi connectivity index (χ2v) is 6.83. The number of carbonyl (C=O) groups excluding carboxylic acids is 2. The number of benzene rings is 1. The molecule has 0 saturated carbocycles. The Morgan fingerprint density at radius 2 is 2.04 bits per heavy atom. The first kappa shape index (κ1) is 18.5. The average molecular weight is 357 g/mol. The predicted molar refractivity (Wildman–Crippen MR) is 101 cm³/mol. The van der Waals surface area contributed by atoms with Crippen LogP contribution in [0.25, 0.3) is 10.9 Å². The lowest BCUT2D eigenvalue weighted by molar-refractivity contribution is -0.135. The van der Waals surface area contributed by atoms with E-state index in [-0.39, 0.29) is 17.7 Å². The first-order valence-electron chi connectivity index (χ1n) is 9.28. The van der Waals surface area contributed by atoms with Crippen molar-refractivity contribution in [2.75, 3.05) is 33.4 Å². The molecular weight excluding hydrogens is 330 g/mol. The summed E-state index contributed by atoms with van der Waals surface area (Å²) in [5.41, 5.74) is 2.09. The highest BCUT2D eigenvalue weighted by atomic mass is 16.5. The van der Waals surface area contributed by atoms with Crippen LogP contribution in [0.1, 0.15) is 24.8 Å². The fourth-order valence-electron chi connectivity index (χ4n) is 3.52. The number of aromatic amines is 1. The minimum atomic E-state index is 0.00897. The summed E-state index contributed by atoms with van der Waals surface area (Å²) in [6.45, 7) is 2.60. The maximum Gasteiger partial charge on any atom is 0.227 e. The summed E-state index contributed by atoms with van der Waals surface area (Å²) in [4.78, 5) is 29.9. The van der Waals surface area contributed by atoms with Gasteiger partial charge in [0, 0.05) is 56.4 Å². The van der Waals surface area contributed by atoms with E-state index in [0.29, 0.717) is 32.7 Å². The number of likely N-dealkylation sites (tertiary alicyclic amines) is 1. The molecule has 1 aliphatic heterocycles. The van der Waals surface area contributed by atoms with Crippen LogP contribution < -0.4 is 5.32 Å². The van der Waals surface area contributed by atoms with Crippen molar-refractivity contribution in [1.82, 2.24) is 15.2 Å². The molecule has 1 saturated heterocycles. The summed E-state index contributed by atoms with van der Waals surface area (Å²) < 4.78 is 4.98. The van der Waals surface area contributed by atoms with E-state index in [1.165, 1.54) is 0 Å². The SMILES string of the molecule is COCCCNC(=O)C1CCN(C(=O)Cc2c[nH]c3ccccc23)CC1. The molecule has 1 aliphatic rings. The zero-order valence-corrected chi connectivity index (χ0v) is 15.3. The van der Waals surface area contributed by atoms with Crippen molar-refractivity contribution in [2.24, 2.45) is 5.92 Å². The molecule has 0 bridgehead atoms. The number of nitrogens with zero attached hydrogens (tertiary/aromatic N) is 1. The molecule has 6 heteroatoms. The van der Waals surface area contributed by atoms with Crippen LogP contribution in [0, 0.1) is 5.92 Å². The monoisotopic (exact) mass is 357 g/mol. The van der Waals surface area contributed by atoms with Crippen LogP contribution in [0.3, 0.4) is 0 Å². The molecule has 2 aromatic rings. The second-order valence-electron chi connectivity index (χ2n) is 6.83. The van der Waals surface area contributed by atoms with Crippen LogP contribution >= 0.6 is 0 Å². The van der Waals surface area contributed by atoms with Crippen molar-refractivity contribution >= 4 is 22.7 Å². The normalized spacial score (nSPS) is 15.3. The van der Waals surface area contributed by atoms with Crippen molar-refractivity contribution < 1.29 is 14.3 Å². The lowest BCUT2D eigenvalue weighted by Gasteiger charge is -2.31. The van der Waals surface area contributed by atoms with Gasteiger partial charge in [-0.2, -0.15) is 0 Å². The van der Waals surface area contributed by atoms with Crippen molar-refractivity contribution in [3.8, 4) is 0 Å². The number of methoxy groups -OCH3 is 1. The lowest BCUT2D eigenvalue weighted by Crippen LogP contribution is -2.43. The molecule has 6 nitrogen and oxygen atoms in total. The zero-order chi connectivity index (χ0) is 18.4. The molecule has 1 aromatic carbocycles. The first-order chi connectivity index (χ1) is 12.7. The average Bonchev–Trinajstić information content (AvgIpc) is 3.08. The molecule has 0 atom stereocenters. The third-order valence-electron chi connectivity index (χ3n) is 5.06. The van der Waals surface area contributed by atoms with Crippen LogP contribution in [-0.2, 0) is 20.7 Å². The van der Waals surface area contributed by atoms with E-state index in [2.05, 4.69) is 10.3 Å². The maximum atomic E-state index is 12.6. The summed E-state index contributed by atoms with van der Waals surface area (Å²) in [6, 6.07) is 8.02. The summed E-state index contributed by atoms with van der Waals surface area (Å²) in [7, 11) is 1.66. The third kappa shape index (κ3) is 4.43. The Bertz CT molecular complexity index is 748. The van der Waals surface area contributed by atoms with E-state index >= 15 is 0 Å². The summed E-state index contributed by atoms with van der Waals surface area (Å²) in [5, 5.41) is 4.06. The molecule has 26 heavy (non-hydrogen) atoms. The van der Waals surface area contributed by atoms with E-state index in [0.717, 1.165) is 35.7 Å². The summed E-state index contributed by atoms with van der Waals surface area (Å²) in [6.07, 6.45) is 4.61. The van der Waals surface area contributed by atoms with E-state index in [1.807, 2.05) is 35.4 Å². The molecule has 0 spiro atoms. The quantitative estimate of drug-likeness (QED) is 0.745. The van der Waals surface area contributed by atoms with Gasteiger partial charge in [-0.05, 0) is 30.9 Å². The summed E-state index contributed by atoms with van der Waals surface area (Å²) >= 11 is 0. The molecule has 0 radical (unpaired) electrons. The van der Waals surface area contributed by atoms with Gasteiger partial charge in [-0.15, -0.1) is 0 Å². The van der Waals surface area contributed by atoms with Gasteiger partial charge in [-0.3, -0.25) is 9.59 Å². The van der Waals surface area contributed by atoms with Crippen molar-refractivity contribution in [2.45, 2.75) is 25.7 Å². The number of ether oxygens (including phenoxy) is 1. The number of carbonyl (C=O) groups is 2. The van der Waals surface area contributed by atoms with Gasteiger partial charge in [0.2, 0.25) is 11.8 Å². The van der Waals surface area contributed by atoms with Gasteiger partial charge in [0.15, 0.2) is 0 Å². The number of fused-ring (bicyclic) bond motifs is 1. The van der Waals surface area contributed by atoms with Gasteiger partial charge < -0.3 is 19.9 Å². The van der Waals surface area contributed by atoms with Gasteiger partial charge in [0.1, 0.15) is 0 Å². The van der Waals surface area contributed by atoms with Crippen molar-refractivity contribution in [3.05, 3.63) is 36.0 Å². The highest BCUT2D eigenvalue weighted by Gasteiger charge is 2.27. The maximum absolute atomic E-state index is 12.6. The fourth-order valence-corrected chi connectivity index (χ4v) is 3.52. The van der Waals surface area contributed by atoms with Crippen LogP contribution in [0.4, 0.5) is 0 Å². The Kier molecular flexibility index (Phi) is 6.28. The number of hydrogen-bond donors (Lipinski definition) is 2.